The molecule has 0 aliphatic heterocycles. The minimum absolute atomic E-state index is 0.643. The van der Waals surface area contributed by atoms with Crippen molar-refractivity contribution >= 4 is 14.3 Å². The van der Waals surface area contributed by atoms with Gasteiger partial charge in [0.15, 0.2) is 0 Å². The normalized spacial score (nSPS) is 12.8. The Bertz CT molecular complexity index is 494. The van der Waals surface area contributed by atoms with Crippen LogP contribution in [0.4, 0.5) is 0 Å². The van der Waals surface area contributed by atoms with Crippen LogP contribution in [0.3, 0.4) is 0 Å². The molecule has 0 heterocycles. The van der Waals surface area contributed by atoms with Gasteiger partial charge in [0.25, 0.3) is 0 Å². The first-order chi connectivity index (χ1) is 7.57. The van der Waals surface area contributed by atoms with Crippen LogP contribution in [0.25, 0.3) is 0 Å². The summed E-state index contributed by atoms with van der Waals surface area (Å²) >= 11 is 0. The van der Waals surface area contributed by atoms with E-state index < -0.39 is 14.3 Å². The summed E-state index contributed by atoms with van der Waals surface area (Å²) in [6.07, 6.45) is 1.29. The SMILES string of the molecule is Cc1cc(CP(C)(C)=O)ccc1CP(C)(C)=O. The summed E-state index contributed by atoms with van der Waals surface area (Å²) in [7, 11) is -4.04. The Kier molecular flexibility index (Phi) is 4.44. The fraction of sp³-hybridized carbons (Fsp3) is 0.538. The molecule has 0 fully saturated rings. The molecule has 1 aromatic rings. The molecule has 17 heavy (non-hydrogen) atoms. The first-order valence-electron chi connectivity index (χ1n) is 5.73. The van der Waals surface area contributed by atoms with Crippen molar-refractivity contribution in [2.24, 2.45) is 0 Å². The highest BCUT2D eigenvalue weighted by molar-refractivity contribution is 7.61. The molecular formula is C13H22O2P2. The summed E-state index contributed by atoms with van der Waals surface area (Å²) in [5, 5.41) is 0. The fourth-order valence-corrected chi connectivity index (χ4v) is 4.13. The molecule has 0 N–H and O–H groups in total. The Morgan fingerprint density at radius 2 is 1.47 bits per heavy atom. The van der Waals surface area contributed by atoms with Crippen molar-refractivity contribution in [2.75, 3.05) is 26.7 Å². The molecule has 0 aliphatic carbocycles. The molecule has 4 heteroatoms. The van der Waals surface area contributed by atoms with Gasteiger partial charge in [0, 0.05) is 12.3 Å². The molecule has 96 valence electrons. The Morgan fingerprint density at radius 3 is 1.88 bits per heavy atom. The monoisotopic (exact) mass is 272 g/mol. The number of aryl methyl sites for hydroxylation is 1. The summed E-state index contributed by atoms with van der Waals surface area (Å²) in [6.45, 7) is 9.27. The number of rotatable bonds is 4. The van der Waals surface area contributed by atoms with Crippen LogP contribution in [-0.2, 0) is 21.5 Å². The molecule has 1 rings (SSSR count). The van der Waals surface area contributed by atoms with Crippen LogP contribution < -0.4 is 0 Å². The molecule has 0 saturated carbocycles. The summed E-state index contributed by atoms with van der Waals surface area (Å²) in [5.74, 6) is 0. The second-order valence-electron chi connectivity index (χ2n) is 5.72. The highest BCUT2D eigenvalue weighted by atomic mass is 31.2. The molecule has 1 aromatic carbocycles. The molecule has 0 spiro atoms. The maximum absolute atomic E-state index is 11.8. The lowest BCUT2D eigenvalue weighted by Gasteiger charge is -2.12. The number of hydrogen-bond donors (Lipinski definition) is 0. The smallest absolute Gasteiger partial charge is 0.0861 e. The third kappa shape index (κ3) is 5.70. The number of benzene rings is 1. The third-order valence-electron chi connectivity index (χ3n) is 2.52. The van der Waals surface area contributed by atoms with Gasteiger partial charge in [-0.05, 0) is 50.3 Å². The van der Waals surface area contributed by atoms with Gasteiger partial charge in [-0.25, -0.2) is 0 Å². The van der Waals surface area contributed by atoms with E-state index in [2.05, 4.69) is 6.07 Å². The first kappa shape index (κ1) is 14.7. The highest BCUT2D eigenvalue weighted by Crippen LogP contribution is 2.43. The Hall–Kier alpha value is -0.320. The van der Waals surface area contributed by atoms with Crippen LogP contribution in [0.15, 0.2) is 18.2 Å². The van der Waals surface area contributed by atoms with Crippen molar-refractivity contribution in [3.05, 3.63) is 34.9 Å². The van der Waals surface area contributed by atoms with E-state index in [1.165, 1.54) is 0 Å². The first-order valence-corrected chi connectivity index (χ1v) is 11.3. The predicted octanol–water partition coefficient (Wildman–Crippen LogP) is 4.24. The standard InChI is InChI=1S/C13H22O2P2/c1-11-8-12(9-16(2,3)14)6-7-13(11)10-17(4,5)15/h6-8H,9-10H2,1-5H3. The molecule has 0 radical (unpaired) electrons. The molecule has 0 aliphatic rings. The summed E-state index contributed by atoms with van der Waals surface area (Å²) < 4.78 is 23.6. The van der Waals surface area contributed by atoms with E-state index in [1.807, 2.05) is 45.7 Å². The van der Waals surface area contributed by atoms with Gasteiger partial charge in [0.1, 0.15) is 0 Å². The van der Waals surface area contributed by atoms with Gasteiger partial charge in [-0.1, -0.05) is 18.2 Å². The van der Waals surface area contributed by atoms with Crippen molar-refractivity contribution in [3.63, 3.8) is 0 Å². The van der Waals surface area contributed by atoms with Crippen LogP contribution in [0.1, 0.15) is 16.7 Å². The molecule has 2 nitrogen and oxygen atoms in total. The molecule has 0 amide bonds. The van der Waals surface area contributed by atoms with Crippen LogP contribution >= 0.6 is 14.3 Å². The second kappa shape index (κ2) is 5.12. The van der Waals surface area contributed by atoms with E-state index in [9.17, 15) is 9.13 Å². The van der Waals surface area contributed by atoms with E-state index in [0.717, 1.165) is 16.7 Å². The minimum Gasteiger partial charge on any atom is -0.324 e. The van der Waals surface area contributed by atoms with E-state index in [0.29, 0.717) is 12.3 Å². The summed E-state index contributed by atoms with van der Waals surface area (Å²) in [6, 6.07) is 6.11. The van der Waals surface area contributed by atoms with E-state index in [-0.39, 0.29) is 0 Å². The Morgan fingerprint density at radius 1 is 0.941 bits per heavy atom. The van der Waals surface area contributed by atoms with Crippen LogP contribution in [0.5, 0.6) is 0 Å². The molecule has 0 saturated heterocycles. The van der Waals surface area contributed by atoms with Gasteiger partial charge in [0.2, 0.25) is 0 Å². The lowest BCUT2D eigenvalue weighted by atomic mass is 10.1. The van der Waals surface area contributed by atoms with Crippen LogP contribution in [0, 0.1) is 6.92 Å². The van der Waals surface area contributed by atoms with Gasteiger partial charge in [0.05, 0.1) is 14.3 Å². The van der Waals surface area contributed by atoms with Crippen LogP contribution in [-0.4, -0.2) is 26.7 Å². The second-order valence-corrected chi connectivity index (χ2v) is 12.7. The van der Waals surface area contributed by atoms with Crippen molar-refractivity contribution in [2.45, 2.75) is 19.2 Å². The molecular weight excluding hydrogens is 250 g/mol. The minimum atomic E-state index is -2.03. The quantitative estimate of drug-likeness (QED) is 0.768. The maximum atomic E-state index is 11.8. The van der Waals surface area contributed by atoms with E-state index in [4.69, 9.17) is 0 Å². The van der Waals surface area contributed by atoms with E-state index in [1.54, 1.807) is 0 Å². The zero-order chi connectivity index (χ0) is 13.3. The van der Waals surface area contributed by atoms with Crippen molar-refractivity contribution < 1.29 is 9.13 Å². The average molecular weight is 272 g/mol. The molecule has 0 unspecified atom stereocenters. The van der Waals surface area contributed by atoms with Gasteiger partial charge in [-0.3, -0.25) is 0 Å². The average Bonchev–Trinajstić information content (AvgIpc) is 2.05. The van der Waals surface area contributed by atoms with Crippen molar-refractivity contribution in [1.29, 1.82) is 0 Å². The number of hydrogen-bond acceptors (Lipinski definition) is 2. The predicted molar refractivity (Wildman–Crippen MR) is 77.5 cm³/mol. The zero-order valence-corrected chi connectivity index (χ0v) is 13.1. The molecule has 0 bridgehead atoms. The van der Waals surface area contributed by atoms with Gasteiger partial charge >= 0.3 is 0 Å². The Balaban J connectivity index is 2.94. The summed E-state index contributed by atoms with van der Waals surface area (Å²) in [5.41, 5.74) is 3.41. The third-order valence-corrected chi connectivity index (χ3v) is 4.75. The fourth-order valence-electron chi connectivity index (χ4n) is 1.88. The topological polar surface area (TPSA) is 34.1 Å². The van der Waals surface area contributed by atoms with Gasteiger partial charge < -0.3 is 9.13 Å². The van der Waals surface area contributed by atoms with Gasteiger partial charge in [-0.2, -0.15) is 0 Å². The van der Waals surface area contributed by atoms with Gasteiger partial charge in [-0.15, -0.1) is 0 Å². The molecule has 0 aromatic heterocycles. The van der Waals surface area contributed by atoms with E-state index >= 15 is 0 Å². The molecule has 0 atom stereocenters. The largest absolute Gasteiger partial charge is 0.324 e. The van der Waals surface area contributed by atoms with Crippen molar-refractivity contribution in [1.82, 2.24) is 0 Å². The van der Waals surface area contributed by atoms with Crippen molar-refractivity contribution in [3.8, 4) is 0 Å². The van der Waals surface area contributed by atoms with Crippen LogP contribution in [0.2, 0.25) is 0 Å². The highest BCUT2D eigenvalue weighted by Gasteiger charge is 2.13. The lowest BCUT2D eigenvalue weighted by molar-refractivity contribution is 0.580. The maximum Gasteiger partial charge on any atom is 0.0861 e. The Labute approximate surface area is 105 Å². The summed E-state index contributed by atoms with van der Waals surface area (Å²) in [4.78, 5) is 0. The lowest BCUT2D eigenvalue weighted by Crippen LogP contribution is -1.93. The zero-order valence-electron chi connectivity index (χ0n) is 11.4.